The van der Waals surface area contributed by atoms with Crippen LogP contribution in [-0.2, 0) is 6.42 Å². The van der Waals surface area contributed by atoms with Crippen molar-refractivity contribution >= 4 is 15.9 Å². The maximum atomic E-state index is 12.7. The molecule has 0 saturated heterocycles. The van der Waals surface area contributed by atoms with Crippen LogP contribution in [-0.4, -0.2) is 21.3 Å². The minimum Gasteiger partial charge on any atom is -0.453 e. The Bertz CT molecular complexity index is 1210. The number of imidazole rings is 1. The van der Waals surface area contributed by atoms with E-state index in [9.17, 15) is 18.4 Å². The first-order valence-corrected chi connectivity index (χ1v) is 9.98. The summed E-state index contributed by atoms with van der Waals surface area (Å²) in [7, 11) is 0. The molecule has 2 aromatic heterocycles. The minimum atomic E-state index is -4.83. The molecule has 31 heavy (non-hydrogen) atoms. The van der Waals surface area contributed by atoms with Crippen LogP contribution in [0, 0.1) is 6.92 Å². The first-order valence-electron chi connectivity index (χ1n) is 9.18. The van der Waals surface area contributed by atoms with Crippen LogP contribution in [0.4, 0.5) is 13.2 Å². The standard InChI is InChI=1S/C22H16BrF3N2O3/c1-13-17(12-14-6-8-15(23)9-7-14)28(29)21(27-13)20-11-10-18(30-20)16-4-2-3-5-19(16)31-22(24,25)26/h2-11,29H,12H2,1H3. The molecule has 0 spiro atoms. The highest BCUT2D eigenvalue weighted by Crippen LogP contribution is 2.36. The van der Waals surface area contributed by atoms with E-state index in [1.807, 2.05) is 24.3 Å². The van der Waals surface area contributed by atoms with Crippen molar-refractivity contribution in [3.05, 3.63) is 82.1 Å². The van der Waals surface area contributed by atoms with Gasteiger partial charge in [-0.1, -0.05) is 40.2 Å². The van der Waals surface area contributed by atoms with Crippen LogP contribution in [0.15, 0.2) is 69.6 Å². The van der Waals surface area contributed by atoms with Gasteiger partial charge in [-0.15, -0.1) is 13.2 Å². The fourth-order valence-corrected chi connectivity index (χ4v) is 3.46. The lowest BCUT2D eigenvalue weighted by Crippen LogP contribution is -2.17. The number of ether oxygens (including phenoxy) is 1. The molecule has 0 amide bonds. The van der Waals surface area contributed by atoms with Crippen molar-refractivity contribution in [1.82, 2.24) is 9.71 Å². The van der Waals surface area contributed by atoms with Crippen LogP contribution in [0.1, 0.15) is 17.0 Å². The summed E-state index contributed by atoms with van der Waals surface area (Å²) in [6.07, 6.45) is -4.38. The van der Waals surface area contributed by atoms with E-state index in [-0.39, 0.29) is 28.7 Å². The van der Waals surface area contributed by atoms with Gasteiger partial charge in [-0.2, -0.15) is 4.73 Å². The minimum absolute atomic E-state index is 0.133. The number of alkyl halides is 3. The van der Waals surface area contributed by atoms with Gasteiger partial charge in [0.2, 0.25) is 5.82 Å². The summed E-state index contributed by atoms with van der Waals surface area (Å²) in [5.74, 6) is 0.148. The zero-order valence-corrected chi connectivity index (χ0v) is 17.7. The van der Waals surface area contributed by atoms with Crippen LogP contribution in [0.3, 0.4) is 0 Å². The van der Waals surface area contributed by atoms with Crippen molar-refractivity contribution in [2.24, 2.45) is 0 Å². The molecular formula is C22H16BrF3N2O3. The lowest BCUT2D eigenvalue weighted by atomic mass is 10.1. The zero-order chi connectivity index (χ0) is 22.2. The summed E-state index contributed by atoms with van der Waals surface area (Å²) in [5.41, 5.74) is 2.30. The summed E-state index contributed by atoms with van der Waals surface area (Å²) < 4.78 is 49.8. The molecule has 0 fully saturated rings. The largest absolute Gasteiger partial charge is 0.573 e. The lowest BCUT2D eigenvalue weighted by molar-refractivity contribution is -0.274. The first-order chi connectivity index (χ1) is 14.7. The molecule has 4 rings (SSSR count). The number of halogens is 4. The molecule has 1 N–H and O–H groups in total. The van der Waals surface area contributed by atoms with Gasteiger partial charge in [0.15, 0.2) is 5.76 Å². The lowest BCUT2D eigenvalue weighted by Gasteiger charge is -2.11. The summed E-state index contributed by atoms with van der Waals surface area (Å²) in [6.45, 7) is 1.76. The number of hydrogen-bond acceptors (Lipinski definition) is 4. The Morgan fingerprint density at radius 2 is 1.71 bits per heavy atom. The third-order valence-electron chi connectivity index (χ3n) is 4.64. The van der Waals surface area contributed by atoms with E-state index in [1.54, 1.807) is 13.0 Å². The fraction of sp³-hybridized carbons (Fsp3) is 0.136. The van der Waals surface area contributed by atoms with Gasteiger partial charge in [0.1, 0.15) is 11.5 Å². The first kappa shape index (κ1) is 21.0. The van der Waals surface area contributed by atoms with E-state index in [2.05, 4.69) is 25.7 Å². The predicted octanol–water partition coefficient (Wildman–Crippen LogP) is 6.61. The van der Waals surface area contributed by atoms with E-state index in [0.717, 1.165) is 14.8 Å². The molecule has 2 aromatic carbocycles. The Kier molecular flexibility index (Phi) is 5.53. The number of para-hydroxylation sites is 1. The van der Waals surface area contributed by atoms with Gasteiger partial charge in [-0.25, -0.2) is 4.98 Å². The summed E-state index contributed by atoms with van der Waals surface area (Å²) in [5, 5.41) is 10.7. The van der Waals surface area contributed by atoms with Gasteiger partial charge >= 0.3 is 6.36 Å². The molecule has 0 aliphatic rings. The van der Waals surface area contributed by atoms with Crippen molar-refractivity contribution in [3.63, 3.8) is 0 Å². The molecule has 0 bridgehead atoms. The molecule has 5 nitrogen and oxygen atoms in total. The third-order valence-corrected chi connectivity index (χ3v) is 5.17. The van der Waals surface area contributed by atoms with Crippen molar-refractivity contribution < 1.29 is 27.5 Å². The molecular weight excluding hydrogens is 477 g/mol. The Morgan fingerprint density at radius 1 is 1.03 bits per heavy atom. The molecule has 0 aliphatic carbocycles. The van der Waals surface area contributed by atoms with E-state index >= 15 is 0 Å². The topological polar surface area (TPSA) is 60.4 Å². The number of benzene rings is 2. The monoisotopic (exact) mass is 492 g/mol. The predicted molar refractivity (Wildman–Crippen MR) is 111 cm³/mol. The molecule has 2 heterocycles. The molecule has 0 radical (unpaired) electrons. The van der Waals surface area contributed by atoms with Crippen LogP contribution in [0.5, 0.6) is 5.75 Å². The van der Waals surface area contributed by atoms with Crippen molar-refractivity contribution in [2.75, 3.05) is 0 Å². The van der Waals surface area contributed by atoms with Gasteiger partial charge in [0, 0.05) is 10.9 Å². The molecule has 0 unspecified atom stereocenters. The normalized spacial score (nSPS) is 11.6. The number of rotatable bonds is 5. The quantitative estimate of drug-likeness (QED) is 0.318. The highest BCUT2D eigenvalue weighted by atomic mass is 79.9. The molecule has 4 aromatic rings. The van der Waals surface area contributed by atoms with Crippen molar-refractivity contribution in [2.45, 2.75) is 19.7 Å². The Morgan fingerprint density at radius 3 is 2.42 bits per heavy atom. The van der Waals surface area contributed by atoms with E-state index < -0.39 is 6.36 Å². The smallest absolute Gasteiger partial charge is 0.453 e. The molecule has 0 atom stereocenters. The van der Waals surface area contributed by atoms with E-state index in [0.29, 0.717) is 17.8 Å². The van der Waals surface area contributed by atoms with Crippen LogP contribution in [0.25, 0.3) is 22.9 Å². The molecule has 9 heteroatoms. The van der Waals surface area contributed by atoms with Gasteiger partial charge in [0.25, 0.3) is 0 Å². The highest BCUT2D eigenvalue weighted by molar-refractivity contribution is 9.10. The summed E-state index contributed by atoms with van der Waals surface area (Å²) in [4.78, 5) is 4.38. The SMILES string of the molecule is Cc1nc(-c2ccc(-c3ccccc3OC(F)(F)F)o2)n(O)c1Cc1ccc(Br)cc1. The average molecular weight is 493 g/mol. The Hall–Kier alpha value is -3.20. The number of aromatic nitrogens is 2. The van der Waals surface area contributed by atoms with Crippen LogP contribution >= 0.6 is 15.9 Å². The van der Waals surface area contributed by atoms with Crippen molar-refractivity contribution in [1.29, 1.82) is 0 Å². The second kappa shape index (κ2) is 8.14. The Labute approximate surface area is 183 Å². The summed E-state index contributed by atoms with van der Waals surface area (Å²) in [6, 6.07) is 16.4. The van der Waals surface area contributed by atoms with Crippen molar-refractivity contribution in [3.8, 4) is 28.7 Å². The van der Waals surface area contributed by atoms with Gasteiger partial charge in [-0.3, -0.25) is 0 Å². The van der Waals surface area contributed by atoms with Crippen LogP contribution < -0.4 is 4.74 Å². The van der Waals surface area contributed by atoms with Gasteiger partial charge < -0.3 is 14.4 Å². The zero-order valence-electron chi connectivity index (χ0n) is 16.2. The highest BCUT2D eigenvalue weighted by Gasteiger charge is 2.32. The number of furan rings is 1. The fourth-order valence-electron chi connectivity index (χ4n) is 3.20. The second-order valence-electron chi connectivity index (χ2n) is 6.79. The average Bonchev–Trinajstić information content (AvgIpc) is 3.29. The third kappa shape index (κ3) is 4.61. The maximum Gasteiger partial charge on any atom is 0.573 e. The number of hydrogen-bond donors (Lipinski definition) is 1. The van der Waals surface area contributed by atoms with Gasteiger partial charge in [-0.05, 0) is 48.9 Å². The molecule has 0 aliphatic heterocycles. The summed E-state index contributed by atoms with van der Waals surface area (Å²) >= 11 is 3.39. The number of nitrogens with zero attached hydrogens (tertiary/aromatic N) is 2. The second-order valence-corrected chi connectivity index (χ2v) is 7.71. The molecule has 160 valence electrons. The van der Waals surface area contributed by atoms with Gasteiger partial charge in [0.05, 0.1) is 17.0 Å². The van der Waals surface area contributed by atoms with E-state index in [4.69, 9.17) is 4.42 Å². The Balaban J connectivity index is 1.66. The van der Waals surface area contributed by atoms with E-state index in [1.165, 1.54) is 30.3 Å². The van der Waals surface area contributed by atoms with Crippen LogP contribution in [0.2, 0.25) is 0 Å². The number of aryl methyl sites for hydroxylation is 1. The maximum absolute atomic E-state index is 12.7. The molecule has 0 saturated carbocycles.